The van der Waals surface area contributed by atoms with Gasteiger partial charge in [0.25, 0.3) is 5.91 Å². The van der Waals surface area contributed by atoms with Crippen molar-refractivity contribution >= 4 is 45.6 Å². The molecule has 1 aromatic carbocycles. The molecule has 0 aliphatic rings. The van der Waals surface area contributed by atoms with Gasteiger partial charge in [-0.2, -0.15) is 0 Å². The Morgan fingerprint density at radius 1 is 1.43 bits per heavy atom. The molecule has 0 spiro atoms. The SMILES string of the molecule is CCc1nnc(NC(=O)[C@@H](C)Oc2ccc(Cl)cc2Cl)s1. The van der Waals surface area contributed by atoms with Gasteiger partial charge in [-0.05, 0) is 31.5 Å². The van der Waals surface area contributed by atoms with Gasteiger partial charge in [-0.25, -0.2) is 0 Å². The quantitative estimate of drug-likeness (QED) is 0.894. The number of hydrogen-bond donors (Lipinski definition) is 1. The van der Waals surface area contributed by atoms with Crippen molar-refractivity contribution in [2.75, 3.05) is 5.32 Å². The summed E-state index contributed by atoms with van der Waals surface area (Å²) >= 11 is 13.1. The molecule has 0 unspecified atom stereocenters. The molecule has 1 atom stereocenters. The maximum absolute atomic E-state index is 12.0. The van der Waals surface area contributed by atoms with Gasteiger partial charge >= 0.3 is 0 Å². The monoisotopic (exact) mass is 345 g/mol. The van der Waals surface area contributed by atoms with Crippen LogP contribution in [-0.2, 0) is 11.2 Å². The predicted octanol–water partition coefficient (Wildman–Crippen LogP) is 3.81. The van der Waals surface area contributed by atoms with Crippen LogP contribution in [0, 0.1) is 0 Å². The van der Waals surface area contributed by atoms with Crippen molar-refractivity contribution in [1.82, 2.24) is 10.2 Å². The van der Waals surface area contributed by atoms with Gasteiger partial charge in [-0.3, -0.25) is 10.1 Å². The molecule has 2 rings (SSSR count). The fraction of sp³-hybridized carbons (Fsp3) is 0.308. The highest BCUT2D eigenvalue weighted by molar-refractivity contribution is 7.15. The molecule has 0 saturated heterocycles. The fourth-order valence-electron chi connectivity index (χ4n) is 1.47. The molecule has 1 amide bonds. The third-order valence-electron chi connectivity index (χ3n) is 2.57. The molecule has 0 saturated carbocycles. The topological polar surface area (TPSA) is 64.1 Å². The lowest BCUT2D eigenvalue weighted by Gasteiger charge is -2.14. The molecular formula is C13H13Cl2N3O2S. The Bertz CT molecular complexity index is 648. The average molecular weight is 346 g/mol. The number of anilines is 1. The molecule has 21 heavy (non-hydrogen) atoms. The molecule has 112 valence electrons. The lowest BCUT2D eigenvalue weighted by molar-refractivity contribution is -0.122. The third kappa shape index (κ3) is 4.30. The van der Waals surface area contributed by atoms with Crippen LogP contribution in [-0.4, -0.2) is 22.2 Å². The summed E-state index contributed by atoms with van der Waals surface area (Å²) in [4.78, 5) is 12.0. The van der Waals surface area contributed by atoms with Crippen LogP contribution in [0.4, 0.5) is 5.13 Å². The van der Waals surface area contributed by atoms with Crippen LogP contribution < -0.4 is 10.1 Å². The van der Waals surface area contributed by atoms with Gasteiger partial charge in [-0.15, -0.1) is 10.2 Å². The van der Waals surface area contributed by atoms with Crippen molar-refractivity contribution in [2.24, 2.45) is 0 Å². The predicted molar refractivity (Wildman–Crippen MR) is 84.5 cm³/mol. The first kappa shape index (κ1) is 16.0. The zero-order valence-electron chi connectivity index (χ0n) is 11.4. The Kier molecular flexibility index (Phi) is 5.39. The molecular weight excluding hydrogens is 333 g/mol. The summed E-state index contributed by atoms with van der Waals surface area (Å²) in [6.45, 7) is 3.60. The van der Waals surface area contributed by atoms with E-state index in [0.29, 0.717) is 20.9 Å². The minimum absolute atomic E-state index is 0.320. The number of carbonyl (C=O) groups excluding carboxylic acids is 1. The summed E-state index contributed by atoms with van der Waals surface area (Å²) in [6.07, 6.45) is 0.0534. The average Bonchev–Trinajstić information content (AvgIpc) is 2.89. The van der Waals surface area contributed by atoms with E-state index in [4.69, 9.17) is 27.9 Å². The molecule has 0 radical (unpaired) electrons. The summed E-state index contributed by atoms with van der Waals surface area (Å²) in [5.74, 6) is 0.0787. The Hall–Kier alpha value is -1.37. The summed E-state index contributed by atoms with van der Waals surface area (Å²) in [7, 11) is 0. The van der Waals surface area contributed by atoms with E-state index in [-0.39, 0.29) is 5.91 Å². The van der Waals surface area contributed by atoms with E-state index < -0.39 is 6.10 Å². The maximum atomic E-state index is 12.0. The molecule has 1 heterocycles. The summed E-state index contributed by atoms with van der Waals surface area (Å²) in [5.41, 5.74) is 0. The number of amides is 1. The Balaban J connectivity index is 1.98. The molecule has 0 aliphatic carbocycles. The van der Waals surface area contributed by atoms with E-state index in [9.17, 15) is 4.79 Å². The number of ether oxygens (including phenoxy) is 1. The number of benzene rings is 1. The second-order valence-corrected chi connectivity index (χ2v) is 6.08. The third-order valence-corrected chi connectivity index (χ3v) is 4.08. The lowest BCUT2D eigenvalue weighted by atomic mass is 10.3. The van der Waals surface area contributed by atoms with Gasteiger partial charge in [-0.1, -0.05) is 41.5 Å². The second kappa shape index (κ2) is 7.06. The molecule has 5 nitrogen and oxygen atoms in total. The second-order valence-electron chi connectivity index (χ2n) is 4.18. The Morgan fingerprint density at radius 2 is 2.19 bits per heavy atom. The van der Waals surface area contributed by atoms with Crippen molar-refractivity contribution in [2.45, 2.75) is 26.4 Å². The van der Waals surface area contributed by atoms with Crippen LogP contribution in [0.3, 0.4) is 0 Å². The summed E-state index contributed by atoms with van der Waals surface area (Å²) < 4.78 is 5.52. The van der Waals surface area contributed by atoms with Gasteiger partial charge in [0.1, 0.15) is 10.8 Å². The zero-order chi connectivity index (χ0) is 15.4. The standard InChI is InChI=1S/C13H13Cl2N3O2S/c1-3-11-17-18-13(21-11)16-12(19)7(2)20-10-5-4-8(14)6-9(10)15/h4-7H,3H2,1-2H3,(H,16,18,19)/t7-/m1/s1. The number of hydrogen-bond acceptors (Lipinski definition) is 5. The smallest absolute Gasteiger partial charge is 0.266 e. The largest absolute Gasteiger partial charge is 0.479 e. The summed E-state index contributed by atoms with van der Waals surface area (Å²) in [6, 6.07) is 4.82. The number of nitrogens with one attached hydrogen (secondary N) is 1. The van der Waals surface area contributed by atoms with Gasteiger partial charge < -0.3 is 4.74 Å². The van der Waals surface area contributed by atoms with E-state index in [0.717, 1.165) is 11.4 Å². The molecule has 8 heteroatoms. The number of halogens is 2. The molecule has 0 bridgehead atoms. The van der Waals surface area contributed by atoms with Crippen LogP contribution in [0.5, 0.6) is 5.75 Å². The fourth-order valence-corrected chi connectivity index (χ4v) is 2.60. The lowest BCUT2D eigenvalue weighted by Crippen LogP contribution is -2.30. The number of rotatable bonds is 5. The van der Waals surface area contributed by atoms with E-state index in [1.54, 1.807) is 25.1 Å². The van der Waals surface area contributed by atoms with Gasteiger partial charge in [0.15, 0.2) is 6.10 Å². The zero-order valence-corrected chi connectivity index (χ0v) is 13.7. The first-order valence-corrected chi connectivity index (χ1v) is 7.81. The molecule has 1 N–H and O–H groups in total. The van der Waals surface area contributed by atoms with E-state index in [1.807, 2.05) is 6.92 Å². The van der Waals surface area contributed by atoms with Crippen molar-refractivity contribution < 1.29 is 9.53 Å². The van der Waals surface area contributed by atoms with Gasteiger partial charge in [0.05, 0.1) is 5.02 Å². The molecule has 2 aromatic rings. The van der Waals surface area contributed by atoms with Gasteiger partial charge in [0.2, 0.25) is 5.13 Å². The van der Waals surface area contributed by atoms with Gasteiger partial charge in [0, 0.05) is 5.02 Å². The minimum Gasteiger partial charge on any atom is -0.479 e. The normalized spacial score (nSPS) is 12.0. The minimum atomic E-state index is -0.724. The molecule has 0 fully saturated rings. The van der Waals surface area contributed by atoms with Crippen LogP contribution >= 0.6 is 34.5 Å². The van der Waals surface area contributed by atoms with Crippen molar-refractivity contribution in [3.05, 3.63) is 33.3 Å². The number of carbonyl (C=O) groups is 1. The Labute approximate surface area is 136 Å². The maximum Gasteiger partial charge on any atom is 0.266 e. The number of aromatic nitrogens is 2. The van der Waals surface area contributed by atoms with Crippen LogP contribution in [0.2, 0.25) is 10.0 Å². The van der Waals surface area contributed by atoms with Crippen LogP contribution in [0.25, 0.3) is 0 Å². The summed E-state index contributed by atoms with van der Waals surface area (Å²) in [5, 5.41) is 12.6. The Morgan fingerprint density at radius 3 is 2.81 bits per heavy atom. The first-order chi connectivity index (χ1) is 9.99. The van der Waals surface area contributed by atoms with Crippen molar-refractivity contribution in [3.8, 4) is 5.75 Å². The molecule has 1 aromatic heterocycles. The molecule has 0 aliphatic heterocycles. The van der Waals surface area contributed by atoms with E-state index in [2.05, 4.69) is 15.5 Å². The highest BCUT2D eigenvalue weighted by Gasteiger charge is 2.18. The van der Waals surface area contributed by atoms with E-state index in [1.165, 1.54) is 11.3 Å². The highest BCUT2D eigenvalue weighted by Crippen LogP contribution is 2.28. The first-order valence-electron chi connectivity index (χ1n) is 6.24. The number of nitrogens with zero attached hydrogens (tertiary/aromatic N) is 2. The van der Waals surface area contributed by atoms with Crippen molar-refractivity contribution in [1.29, 1.82) is 0 Å². The van der Waals surface area contributed by atoms with Crippen LogP contribution in [0.1, 0.15) is 18.9 Å². The van der Waals surface area contributed by atoms with Crippen LogP contribution in [0.15, 0.2) is 18.2 Å². The van der Waals surface area contributed by atoms with Crippen molar-refractivity contribution in [3.63, 3.8) is 0 Å². The number of aryl methyl sites for hydroxylation is 1. The van der Waals surface area contributed by atoms with E-state index >= 15 is 0 Å². The highest BCUT2D eigenvalue weighted by atomic mass is 35.5.